The van der Waals surface area contributed by atoms with Crippen LogP contribution in [0.2, 0.25) is 0 Å². The van der Waals surface area contributed by atoms with Gasteiger partial charge in [0.1, 0.15) is 0 Å². The number of alkyl halides is 3. The smallest absolute Gasteiger partial charge is 0.423 e. The normalized spacial score (nSPS) is 13.2. The zero-order valence-corrected chi connectivity index (χ0v) is 15.2. The van der Waals surface area contributed by atoms with Crippen molar-refractivity contribution in [3.8, 4) is 11.1 Å². The number of hydrogen-bond acceptors (Lipinski definition) is 4. The number of hydrogen-bond donors (Lipinski definition) is 2. The summed E-state index contributed by atoms with van der Waals surface area (Å²) >= 11 is 1.10. The molecule has 8 heteroatoms. The topological polar surface area (TPSA) is 49.7 Å². The molecule has 0 atom stereocenters. The number of thiophene rings is 1. The Labute approximate surface area is 149 Å². The molecule has 1 aromatic heterocycles. The second-order valence-corrected chi connectivity index (χ2v) is 7.76. The van der Waals surface area contributed by atoms with E-state index >= 15 is 0 Å². The second-order valence-electron chi connectivity index (χ2n) is 6.82. The third-order valence-corrected chi connectivity index (χ3v) is 5.25. The number of aliphatic hydroxyl groups is 1. The van der Waals surface area contributed by atoms with Gasteiger partial charge in [-0.15, -0.1) is 0 Å². The predicted octanol–water partition coefficient (Wildman–Crippen LogP) is 3.69. The van der Waals surface area contributed by atoms with Crippen LogP contribution in [-0.2, 0) is 10.8 Å². The van der Waals surface area contributed by atoms with E-state index in [0.29, 0.717) is 10.3 Å². The Morgan fingerprint density at radius 3 is 2.24 bits per heavy atom. The lowest BCUT2D eigenvalue weighted by molar-refractivity contribution is -0.137. The monoisotopic (exact) mass is 372 g/mol. The molecule has 0 aliphatic rings. The summed E-state index contributed by atoms with van der Waals surface area (Å²) < 4.78 is 45.4. The largest absolute Gasteiger partial charge is 0.502 e. The first-order valence-corrected chi connectivity index (χ1v) is 8.54. The van der Waals surface area contributed by atoms with Gasteiger partial charge in [0.05, 0.1) is 16.8 Å². The first kappa shape index (κ1) is 20.0. The number of halogens is 3. The van der Waals surface area contributed by atoms with E-state index in [0.717, 1.165) is 17.4 Å². The quantitative estimate of drug-likeness (QED) is 0.788. The van der Waals surface area contributed by atoms with Crippen LogP contribution in [0.5, 0.6) is 0 Å². The van der Waals surface area contributed by atoms with Crippen molar-refractivity contribution in [1.82, 2.24) is 0 Å². The average Bonchev–Trinajstić information content (AvgIpc) is 2.94. The van der Waals surface area contributed by atoms with Crippen molar-refractivity contribution in [2.24, 2.45) is 0 Å². The van der Waals surface area contributed by atoms with Gasteiger partial charge in [0.25, 0.3) is 0 Å². The molecule has 25 heavy (non-hydrogen) atoms. The maximum atomic E-state index is 13.2. The molecule has 2 rings (SSSR count). The van der Waals surface area contributed by atoms with Crippen LogP contribution < -0.4 is 4.78 Å². The van der Waals surface area contributed by atoms with Crippen LogP contribution in [-0.4, -0.2) is 28.5 Å². The SMILES string of the molecule is CC(C)(O)C(C)(C)OB(O)c1cc(-c2ccccc2C(F)(F)F)cs1. The van der Waals surface area contributed by atoms with E-state index in [4.69, 9.17) is 4.65 Å². The van der Waals surface area contributed by atoms with Gasteiger partial charge in [-0.2, -0.15) is 24.5 Å². The fraction of sp³-hybridized carbons (Fsp3) is 0.412. The Kier molecular flexibility index (Phi) is 5.40. The Morgan fingerprint density at radius 2 is 1.68 bits per heavy atom. The molecular formula is C17H20BF3O3S. The van der Waals surface area contributed by atoms with Gasteiger partial charge in [-0.05, 0) is 56.3 Å². The maximum absolute atomic E-state index is 13.2. The van der Waals surface area contributed by atoms with E-state index in [1.54, 1.807) is 33.1 Å². The highest BCUT2D eigenvalue weighted by Gasteiger charge is 2.40. The highest BCUT2D eigenvalue weighted by atomic mass is 32.1. The van der Waals surface area contributed by atoms with Crippen molar-refractivity contribution in [2.75, 3.05) is 0 Å². The zero-order chi connectivity index (χ0) is 19.0. The van der Waals surface area contributed by atoms with E-state index in [1.165, 1.54) is 24.3 Å². The first-order chi connectivity index (χ1) is 11.3. The Balaban J connectivity index is 2.30. The minimum Gasteiger partial charge on any atom is -0.423 e. The lowest BCUT2D eigenvalue weighted by atomic mass is 9.81. The summed E-state index contributed by atoms with van der Waals surface area (Å²) in [6.45, 7) is 6.37. The minimum atomic E-state index is -4.46. The first-order valence-electron chi connectivity index (χ1n) is 7.66. The molecule has 136 valence electrons. The Morgan fingerprint density at radius 1 is 1.08 bits per heavy atom. The summed E-state index contributed by atoms with van der Waals surface area (Å²) in [6.07, 6.45) is -4.46. The van der Waals surface area contributed by atoms with E-state index < -0.39 is 30.1 Å². The average molecular weight is 372 g/mol. The van der Waals surface area contributed by atoms with Crippen LogP contribution >= 0.6 is 11.3 Å². The molecule has 0 spiro atoms. The molecule has 0 saturated heterocycles. The van der Waals surface area contributed by atoms with Crippen LogP contribution in [0, 0.1) is 0 Å². The molecular weight excluding hydrogens is 352 g/mol. The van der Waals surface area contributed by atoms with E-state index in [1.807, 2.05) is 0 Å². The van der Waals surface area contributed by atoms with E-state index in [-0.39, 0.29) is 5.56 Å². The van der Waals surface area contributed by atoms with Gasteiger partial charge < -0.3 is 14.8 Å². The summed E-state index contributed by atoms with van der Waals surface area (Å²) in [6, 6.07) is 6.76. The van der Waals surface area contributed by atoms with Crippen LogP contribution in [0.1, 0.15) is 33.3 Å². The molecule has 0 bridgehead atoms. The van der Waals surface area contributed by atoms with Crippen molar-refractivity contribution in [3.63, 3.8) is 0 Å². The molecule has 0 aliphatic carbocycles. The third kappa shape index (κ3) is 4.44. The van der Waals surface area contributed by atoms with Crippen molar-refractivity contribution in [3.05, 3.63) is 41.3 Å². The lowest BCUT2D eigenvalue weighted by Crippen LogP contribution is -2.52. The van der Waals surface area contributed by atoms with Crippen LogP contribution in [0.15, 0.2) is 35.7 Å². The summed E-state index contributed by atoms with van der Waals surface area (Å²) in [5.41, 5.74) is -2.59. The van der Waals surface area contributed by atoms with Gasteiger partial charge in [0.2, 0.25) is 0 Å². The molecule has 0 fully saturated rings. The Bertz CT molecular complexity index is 735. The standard InChI is InChI=1S/C17H20BF3O3S/c1-15(2,22)16(3,4)24-18(23)14-9-11(10-25-14)12-7-5-6-8-13(12)17(19,20)21/h5-10,22-23H,1-4H3. The van der Waals surface area contributed by atoms with Gasteiger partial charge >= 0.3 is 13.3 Å². The lowest BCUT2D eigenvalue weighted by Gasteiger charge is -2.38. The van der Waals surface area contributed by atoms with Crippen molar-refractivity contribution in [2.45, 2.75) is 45.1 Å². The van der Waals surface area contributed by atoms with E-state index in [9.17, 15) is 23.3 Å². The van der Waals surface area contributed by atoms with Gasteiger partial charge in [-0.25, -0.2) is 0 Å². The second kappa shape index (κ2) is 6.76. The van der Waals surface area contributed by atoms with Gasteiger partial charge in [0.15, 0.2) is 0 Å². The van der Waals surface area contributed by atoms with Gasteiger partial charge in [-0.3, -0.25) is 0 Å². The van der Waals surface area contributed by atoms with E-state index in [2.05, 4.69) is 0 Å². The van der Waals surface area contributed by atoms with Crippen molar-refractivity contribution in [1.29, 1.82) is 0 Å². The Hall–Kier alpha value is -1.35. The molecule has 0 aliphatic heterocycles. The summed E-state index contributed by atoms with van der Waals surface area (Å²) in [5, 5.41) is 21.9. The molecule has 0 amide bonds. The third-order valence-electron chi connectivity index (χ3n) is 4.29. The molecule has 0 radical (unpaired) electrons. The number of rotatable bonds is 5. The van der Waals surface area contributed by atoms with Crippen molar-refractivity contribution >= 4 is 23.2 Å². The minimum absolute atomic E-state index is 0.0476. The summed E-state index contributed by atoms with van der Waals surface area (Å²) in [4.78, 5) is 0. The predicted molar refractivity (Wildman–Crippen MR) is 93.8 cm³/mol. The fourth-order valence-corrected chi connectivity index (χ4v) is 2.90. The summed E-state index contributed by atoms with van der Waals surface area (Å²) in [7, 11) is -1.35. The highest BCUT2D eigenvalue weighted by molar-refractivity contribution is 7.21. The molecule has 1 heterocycles. The summed E-state index contributed by atoms with van der Waals surface area (Å²) in [5.74, 6) is 0. The molecule has 2 aromatic rings. The molecule has 0 saturated carbocycles. The van der Waals surface area contributed by atoms with Crippen LogP contribution in [0.25, 0.3) is 11.1 Å². The molecule has 0 unspecified atom stereocenters. The van der Waals surface area contributed by atoms with Crippen LogP contribution in [0.4, 0.5) is 13.2 Å². The van der Waals surface area contributed by atoms with Crippen molar-refractivity contribution < 1.29 is 28.0 Å². The van der Waals surface area contributed by atoms with Gasteiger partial charge in [-0.1, -0.05) is 18.2 Å². The molecule has 1 aromatic carbocycles. The highest BCUT2D eigenvalue weighted by Crippen LogP contribution is 2.37. The zero-order valence-electron chi connectivity index (χ0n) is 14.4. The van der Waals surface area contributed by atoms with Crippen LogP contribution in [0.3, 0.4) is 0 Å². The molecule has 2 N–H and O–H groups in total. The fourth-order valence-electron chi connectivity index (χ4n) is 2.09. The number of benzene rings is 1. The maximum Gasteiger partial charge on any atom is 0.502 e. The van der Waals surface area contributed by atoms with Gasteiger partial charge in [0, 0.05) is 4.78 Å². The molecule has 3 nitrogen and oxygen atoms in total.